The van der Waals surface area contributed by atoms with Crippen molar-refractivity contribution < 1.29 is 22.4 Å². The van der Waals surface area contributed by atoms with Crippen LogP contribution in [0.25, 0.3) is 0 Å². The number of furan rings is 1. The second kappa shape index (κ2) is 8.60. The van der Waals surface area contributed by atoms with E-state index >= 15 is 0 Å². The zero-order valence-electron chi connectivity index (χ0n) is 15.8. The molecular weight excluding hydrogens is 380 g/mol. The molecule has 1 aliphatic carbocycles. The van der Waals surface area contributed by atoms with E-state index in [0.717, 1.165) is 24.7 Å². The van der Waals surface area contributed by atoms with Crippen LogP contribution in [0.15, 0.2) is 47.1 Å². The number of nitrogens with zero attached hydrogens (tertiary/aromatic N) is 1. The van der Waals surface area contributed by atoms with Crippen LogP contribution in [0.2, 0.25) is 0 Å². The van der Waals surface area contributed by atoms with Gasteiger partial charge >= 0.3 is 0 Å². The molecule has 1 aliphatic rings. The lowest BCUT2D eigenvalue weighted by Gasteiger charge is -2.22. The summed E-state index contributed by atoms with van der Waals surface area (Å²) < 4.78 is 28.1. The van der Waals surface area contributed by atoms with E-state index in [1.54, 1.807) is 41.3 Å². The van der Waals surface area contributed by atoms with E-state index in [4.69, 9.17) is 4.42 Å². The number of hydrogen-bond acceptors (Lipinski definition) is 5. The largest absolute Gasteiger partial charge is 0.467 e. The molecule has 8 heteroatoms. The first kappa shape index (κ1) is 20.1. The number of nitrogens with one attached hydrogen (secondary N) is 1. The van der Waals surface area contributed by atoms with Gasteiger partial charge in [-0.05, 0) is 42.7 Å². The topological polar surface area (TPSA) is 96.7 Å². The Labute approximate surface area is 164 Å². The smallest absolute Gasteiger partial charge is 0.251 e. The van der Waals surface area contributed by atoms with Crippen molar-refractivity contribution in [1.82, 2.24) is 10.2 Å². The molecule has 1 heterocycles. The zero-order chi connectivity index (χ0) is 20.1. The highest BCUT2D eigenvalue weighted by atomic mass is 32.2. The Hall–Kier alpha value is -2.61. The van der Waals surface area contributed by atoms with Gasteiger partial charge in [0.05, 0.1) is 18.6 Å². The van der Waals surface area contributed by atoms with Gasteiger partial charge in [0.15, 0.2) is 0 Å². The van der Waals surface area contributed by atoms with Crippen molar-refractivity contribution in [3.8, 4) is 0 Å². The highest BCUT2D eigenvalue weighted by Crippen LogP contribution is 2.19. The summed E-state index contributed by atoms with van der Waals surface area (Å²) >= 11 is 0. The fourth-order valence-corrected chi connectivity index (χ4v) is 3.28. The van der Waals surface area contributed by atoms with E-state index in [-0.39, 0.29) is 30.5 Å². The molecule has 7 nitrogen and oxygen atoms in total. The molecule has 2 aromatic rings. The van der Waals surface area contributed by atoms with E-state index in [1.165, 1.54) is 6.26 Å². The minimum Gasteiger partial charge on any atom is -0.467 e. The van der Waals surface area contributed by atoms with Crippen molar-refractivity contribution in [1.29, 1.82) is 0 Å². The third-order valence-corrected chi connectivity index (χ3v) is 5.41. The van der Waals surface area contributed by atoms with Crippen LogP contribution in [0.5, 0.6) is 0 Å². The molecule has 0 radical (unpaired) electrons. The minimum atomic E-state index is -3.22. The predicted octanol–water partition coefficient (Wildman–Crippen LogP) is 2.14. The molecule has 1 N–H and O–H groups in total. The average molecular weight is 404 g/mol. The number of rotatable bonds is 9. The molecule has 150 valence electrons. The normalized spacial score (nSPS) is 13.9. The van der Waals surface area contributed by atoms with Gasteiger partial charge in [0.2, 0.25) is 5.91 Å². The van der Waals surface area contributed by atoms with E-state index < -0.39 is 9.84 Å². The molecule has 2 amide bonds. The van der Waals surface area contributed by atoms with Gasteiger partial charge in [0.1, 0.15) is 15.6 Å². The van der Waals surface area contributed by atoms with Crippen LogP contribution in [0, 0.1) is 0 Å². The molecule has 3 rings (SSSR count). The summed E-state index contributed by atoms with van der Waals surface area (Å²) in [6, 6.07) is 10.9. The Bertz CT molecular complexity index is 916. The fraction of sp³-hybridized carbons (Fsp3) is 0.400. The van der Waals surface area contributed by atoms with Crippen molar-refractivity contribution in [2.75, 3.05) is 12.0 Å². The third-order valence-electron chi connectivity index (χ3n) is 4.47. The molecular formula is C20H24N2O5S. The van der Waals surface area contributed by atoms with Gasteiger partial charge < -0.3 is 14.6 Å². The van der Waals surface area contributed by atoms with Gasteiger partial charge in [-0.25, -0.2) is 8.42 Å². The van der Waals surface area contributed by atoms with Crippen molar-refractivity contribution in [2.24, 2.45) is 0 Å². The predicted molar refractivity (Wildman–Crippen MR) is 104 cm³/mol. The number of carbonyl (C=O) groups excluding carboxylic acids is 2. The van der Waals surface area contributed by atoms with Crippen molar-refractivity contribution in [3.63, 3.8) is 0 Å². The number of hydrogen-bond donors (Lipinski definition) is 1. The summed E-state index contributed by atoms with van der Waals surface area (Å²) in [5.74, 6) is 0.0667. The maximum Gasteiger partial charge on any atom is 0.251 e. The number of amides is 2. The monoisotopic (exact) mass is 404 g/mol. The molecule has 28 heavy (non-hydrogen) atoms. The fourth-order valence-electron chi connectivity index (χ4n) is 2.73. The molecule has 0 atom stereocenters. The Morgan fingerprint density at radius 1 is 1.14 bits per heavy atom. The maximum atomic E-state index is 12.6. The molecule has 1 saturated carbocycles. The first-order valence-corrected chi connectivity index (χ1v) is 11.2. The van der Waals surface area contributed by atoms with Gasteiger partial charge in [-0.3, -0.25) is 9.59 Å². The lowest BCUT2D eigenvalue weighted by Crippen LogP contribution is -2.31. The number of benzene rings is 1. The molecule has 1 aromatic carbocycles. The van der Waals surface area contributed by atoms with Gasteiger partial charge in [-0.1, -0.05) is 12.1 Å². The first-order valence-electron chi connectivity index (χ1n) is 9.18. The molecule has 0 spiro atoms. The Kier molecular flexibility index (Phi) is 6.18. The lowest BCUT2D eigenvalue weighted by molar-refractivity contribution is -0.132. The van der Waals surface area contributed by atoms with Gasteiger partial charge in [-0.15, -0.1) is 0 Å². The van der Waals surface area contributed by atoms with Crippen LogP contribution >= 0.6 is 0 Å². The van der Waals surface area contributed by atoms with Gasteiger partial charge in [-0.2, -0.15) is 0 Å². The van der Waals surface area contributed by atoms with E-state index in [2.05, 4.69) is 5.32 Å². The lowest BCUT2D eigenvalue weighted by atomic mass is 10.1. The highest BCUT2D eigenvalue weighted by Gasteiger charge is 2.24. The summed E-state index contributed by atoms with van der Waals surface area (Å²) in [7, 11) is -3.22. The first-order chi connectivity index (χ1) is 13.3. The van der Waals surface area contributed by atoms with E-state index in [0.29, 0.717) is 23.9 Å². The Morgan fingerprint density at radius 3 is 2.43 bits per heavy atom. The standard InChI is InChI=1S/C20H24N2O5S/c1-28(25,26)12-10-19(23)22(14-18-3-2-11-27-18)13-15-4-6-16(7-5-15)20(24)21-17-8-9-17/h2-7,11,17H,8-10,12-14H2,1H3,(H,21,24). The molecule has 0 saturated heterocycles. The van der Waals surface area contributed by atoms with Crippen molar-refractivity contribution >= 4 is 21.7 Å². The summed E-state index contributed by atoms with van der Waals surface area (Å²) in [4.78, 5) is 26.2. The van der Waals surface area contributed by atoms with Crippen LogP contribution in [0.3, 0.4) is 0 Å². The summed E-state index contributed by atoms with van der Waals surface area (Å²) in [5, 5.41) is 2.94. The minimum absolute atomic E-state index is 0.0819. The Morgan fingerprint density at radius 2 is 1.86 bits per heavy atom. The van der Waals surface area contributed by atoms with Crippen molar-refractivity contribution in [3.05, 3.63) is 59.5 Å². The second-order valence-corrected chi connectivity index (χ2v) is 9.41. The molecule has 1 aromatic heterocycles. The summed E-state index contributed by atoms with van der Waals surface area (Å²) in [6.45, 7) is 0.549. The SMILES string of the molecule is CS(=O)(=O)CCC(=O)N(Cc1ccc(C(=O)NC2CC2)cc1)Cc1ccco1. The molecule has 0 aliphatic heterocycles. The van der Waals surface area contributed by atoms with E-state index in [9.17, 15) is 18.0 Å². The summed E-state index contributed by atoms with van der Waals surface area (Å²) in [6.07, 6.45) is 4.62. The number of sulfone groups is 1. The quantitative estimate of drug-likeness (QED) is 0.691. The van der Waals surface area contributed by atoms with Gasteiger partial charge in [0, 0.05) is 30.8 Å². The van der Waals surface area contributed by atoms with Crippen LogP contribution in [-0.4, -0.2) is 43.2 Å². The van der Waals surface area contributed by atoms with Crippen LogP contribution in [0.1, 0.15) is 40.9 Å². The van der Waals surface area contributed by atoms with Crippen LogP contribution in [0.4, 0.5) is 0 Å². The van der Waals surface area contributed by atoms with E-state index in [1.807, 2.05) is 0 Å². The Balaban J connectivity index is 1.67. The van der Waals surface area contributed by atoms with Crippen molar-refractivity contribution in [2.45, 2.75) is 38.4 Å². The molecule has 0 bridgehead atoms. The molecule has 1 fully saturated rings. The zero-order valence-corrected chi connectivity index (χ0v) is 16.6. The maximum absolute atomic E-state index is 12.6. The summed E-state index contributed by atoms with van der Waals surface area (Å²) in [5.41, 5.74) is 1.43. The average Bonchev–Trinajstić information content (AvgIpc) is 3.31. The molecule has 0 unspecified atom stereocenters. The van der Waals surface area contributed by atoms with Crippen LogP contribution < -0.4 is 5.32 Å². The van der Waals surface area contributed by atoms with Gasteiger partial charge in [0.25, 0.3) is 5.91 Å². The van der Waals surface area contributed by atoms with Crippen LogP contribution in [-0.2, 0) is 27.7 Å². The highest BCUT2D eigenvalue weighted by molar-refractivity contribution is 7.90. The third kappa shape index (κ3) is 6.23. The second-order valence-electron chi connectivity index (χ2n) is 7.15. The number of carbonyl (C=O) groups is 2.